The molecule has 0 spiro atoms. The number of rotatable bonds is 6. The van der Waals surface area contributed by atoms with Crippen LogP contribution in [0.15, 0.2) is 17.5 Å². The quantitative estimate of drug-likeness (QED) is 0.862. The number of hydrogen-bond acceptors (Lipinski definition) is 4. The maximum atomic E-state index is 12.6. The predicted molar refractivity (Wildman–Crippen MR) is 85.2 cm³/mol. The highest BCUT2D eigenvalue weighted by Gasteiger charge is 2.42. The van der Waals surface area contributed by atoms with Gasteiger partial charge in [-0.2, -0.15) is 4.31 Å². The van der Waals surface area contributed by atoms with Gasteiger partial charge in [-0.3, -0.25) is 0 Å². The van der Waals surface area contributed by atoms with Gasteiger partial charge in [-0.1, -0.05) is 6.07 Å². The van der Waals surface area contributed by atoms with Gasteiger partial charge in [0, 0.05) is 23.5 Å². The zero-order valence-electron chi connectivity index (χ0n) is 11.3. The molecule has 2 heterocycles. The molecule has 1 atom stereocenters. The highest BCUT2D eigenvalue weighted by atomic mass is 35.5. The lowest BCUT2D eigenvalue weighted by molar-refractivity contribution is 0.327. The van der Waals surface area contributed by atoms with Gasteiger partial charge in [0.2, 0.25) is 10.0 Å². The summed E-state index contributed by atoms with van der Waals surface area (Å²) in [6.45, 7) is 1.75. The van der Waals surface area contributed by atoms with E-state index in [4.69, 9.17) is 0 Å². The Bertz CT molecular complexity index is 508. The van der Waals surface area contributed by atoms with E-state index in [1.165, 1.54) is 0 Å². The molecule has 1 aromatic heterocycles. The monoisotopic (exact) mass is 336 g/mol. The summed E-state index contributed by atoms with van der Waals surface area (Å²) in [6, 6.07) is 4.45. The van der Waals surface area contributed by atoms with Crippen LogP contribution in [-0.4, -0.2) is 43.6 Å². The molecule has 1 aliphatic carbocycles. The minimum Gasteiger partial charge on any atom is -0.315 e. The van der Waals surface area contributed by atoms with Crippen molar-refractivity contribution in [3.05, 3.63) is 22.4 Å². The molecule has 1 aromatic rings. The Morgan fingerprint density at radius 3 is 2.65 bits per heavy atom. The molecule has 0 radical (unpaired) electrons. The third-order valence-electron chi connectivity index (χ3n) is 3.81. The van der Waals surface area contributed by atoms with Gasteiger partial charge >= 0.3 is 0 Å². The average Bonchev–Trinajstić information content (AvgIpc) is 2.87. The normalized spacial score (nSPS) is 22.9. The molecule has 7 heteroatoms. The summed E-state index contributed by atoms with van der Waals surface area (Å²) < 4.78 is 27.0. The molecule has 1 unspecified atom stereocenters. The van der Waals surface area contributed by atoms with Crippen LogP contribution in [0.4, 0.5) is 0 Å². The first-order valence-electron chi connectivity index (χ1n) is 6.91. The summed E-state index contributed by atoms with van der Waals surface area (Å²) in [7, 11) is -3.12. The fourth-order valence-electron chi connectivity index (χ4n) is 2.73. The van der Waals surface area contributed by atoms with Crippen molar-refractivity contribution in [2.75, 3.05) is 18.8 Å². The van der Waals surface area contributed by atoms with Crippen LogP contribution in [-0.2, 0) is 16.4 Å². The molecule has 4 nitrogen and oxygen atoms in total. The maximum Gasteiger partial charge on any atom is 0.215 e. The van der Waals surface area contributed by atoms with Crippen LogP contribution in [0.25, 0.3) is 0 Å². The number of aryl methyl sites for hydroxylation is 1. The van der Waals surface area contributed by atoms with E-state index in [2.05, 4.69) is 5.32 Å². The standard InChI is InChI=1S/C13H20N2O2S2.ClH/c16-19(17,9-6-13-2-1-8-18-13)15(11-3-4-11)12-5-7-14-10-12;/h1-2,8,11-12,14H,3-7,9-10H2;1H. The molecular formula is C13H21ClN2O2S2. The molecule has 2 fully saturated rings. The van der Waals surface area contributed by atoms with Gasteiger partial charge in [0.15, 0.2) is 0 Å². The summed E-state index contributed by atoms with van der Waals surface area (Å²) in [6.07, 6.45) is 3.67. The highest BCUT2D eigenvalue weighted by Crippen LogP contribution is 2.33. The first-order chi connectivity index (χ1) is 9.17. The van der Waals surface area contributed by atoms with Crippen molar-refractivity contribution in [1.29, 1.82) is 0 Å². The van der Waals surface area contributed by atoms with Crippen molar-refractivity contribution >= 4 is 33.8 Å². The van der Waals surface area contributed by atoms with Crippen LogP contribution in [0.2, 0.25) is 0 Å². The lowest BCUT2D eigenvalue weighted by atomic mass is 10.2. The zero-order valence-corrected chi connectivity index (χ0v) is 13.8. The minimum atomic E-state index is -3.12. The number of nitrogens with zero attached hydrogens (tertiary/aromatic N) is 1. The number of nitrogens with one attached hydrogen (secondary N) is 1. The van der Waals surface area contributed by atoms with E-state index in [1.807, 2.05) is 21.8 Å². The fourth-order valence-corrected chi connectivity index (χ4v) is 5.55. The summed E-state index contributed by atoms with van der Waals surface area (Å²) in [5.41, 5.74) is 0. The van der Waals surface area contributed by atoms with Crippen LogP contribution in [0.1, 0.15) is 24.1 Å². The largest absolute Gasteiger partial charge is 0.315 e. The molecule has 1 saturated carbocycles. The van der Waals surface area contributed by atoms with Gasteiger partial charge in [0.25, 0.3) is 0 Å². The van der Waals surface area contributed by atoms with E-state index in [-0.39, 0.29) is 30.2 Å². The minimum absolute atomic E-state index is 0. The van der Waals surface area contributed by atoms with E-state index in [9.17, 15) is 8.42 Å². The molecule has 3 rings (SSSR count). The first kappa shape index (κ1) is 16.2. The van der Waals surface area contributed by atoms with Gasteiger partial charge in [-0.25, -0.2) is 8.42 Å². The Kier molecular flexibility index (Phi) is 5.48. The lowest BCUT2D eigenvalue weighted by Crippen LogP contribution is -2.44. The maximum absolute atomic E-state index is 12.6. The molecular weight excluding hydrogens is 316 g/mol. The van der Waals surface area contributed by atoms with Crippen molar-refractivity contribution < 1.29 is 8.42 Å². The first-order valence-corrected chi connectivity index (χ1v) is 9.40. The molecule has 1 N–H and O–H groups in total. The van der Waals surface area contributed by atoms with E-state index in [0.29, 0.717) is 6.42 Å². The Morgan fingerprint density at radius 2 is 2.10 bits per heavy atom. The molecule has 0 amide bonds. The lowest BCUT2D eigenvalue weighted by Gasteiger charge is -2.27. The average molecular weight is 337 g/mol. The number of thiophene rings is 1. The zero-order chi connectivity index (χ0) is 13.3. The van der Waals surface area contributed by atoms with E-state index >= 15 is 0 Å². The summed E-state index contributed by atoms with van der Waals surface area (Å²) in [5, 5.41) is 5.27. The Balaban J connectivity index is 0.00000147. The predicted octanol–water partition coefficient (Wildman–Crippen LogP) is 1.87. The molecule has 1 aliphatic heterocycles. The molecule has 20 heavy (non-hydrogen) atoms. The van der Waals surface area contributed by atoms with Crippen molar-refractivity contribution in [1.82, 2.24) is 9.62 Å². The van der Waals surface area contributed by atoms with E-state index in [0.717, 1.165) is 37.2 Å². The summed E-state index contributed by atoms with van der Waals surface area (Å²) in [4.78, 5) is 1.16. The molecule has 0 bridgehead atoms. The smallest absolute Gasteiger partial charge is 0.215 e. The van der Waals surface area contributed by atoms with E-state index < -0.39 is 10.0 Å². The SMILES string of the molecule is Cl.O=S(=O)(CCc1cccs1)N(C1CC1)C1CCNC1. The summed E-state index contributed by atoms with van der Waals surface area (Å²) >= 11 is 1.64. The van der Waals surface area contributed by atoms with Gasteiger partial charge < -0.3 is 5.32 Å². The molecule has 114 valence electrons. The van der Waals surface area contributed by atoms with E-state index in [1.54, 1.807) is 11.3 Å². The Hall–Kier alpha value is -0.140. The van der Waals surface area contributed by atoms with Crippen molar-refractivity contribution in [3.8, 4) is 0 Å². The van der Waals surface area contributed by atoms with Crippen LogP contribution in [0.3, 0.4) is 0 Å². The number of halogens is 1. The third-order valence-corrected chi connectivity index (χ3v) is 6.70. The van der Waals surface area contributed by atoms with Gasteiger partial charge in [-0.05, 0) is 43.7 Å². The second-order valence-electron chi connectivity index (χ2n) is 5.35. The Morgan fingerprint density at radius 1 is 1.30 bits per heavy atom. The Labute approximate surface area is 131 Å². The van der Waals surface area contributed by atoms with Crippen molar-refractivity contribution in [2.24, 2.45) is 0 Å². The molecule has 0 aromatic carbocycles. The van der Waals surface area contributed by atoms with Gasteiger partial charge in [0.05, 0.1) is 5.75 Å². The van der Waals surface area contributed by atoms with Crippen molar-refractivity contribution in [2.45, 2.75) is 37.8 Å². The third kappa shape index (κ3) is 3.74. The van der Waals surface area contributed by atoms with Gasteiger partial charge in [0.1, 0.15) is 0 Å². The topological polar surface area (TPSA) is 49.4 Å². The van der Waals surface area contributed by atoms with Crippen LogP contribution < -0.4 is 5.32 Å². The molecule has 1 saturated heterocycles. The van der Waals surface area contributed by atoms with Crippen molar-refractivity contribution in [3.63, 3.8) is 0 Å². The van der Waals surface area contributed by atoms with Crippen LogP contribution in [0, 0.1) is 0 Å². The second kappa shape index (κ2) is 6.75. The van der Waals surface area contributed by atoms with Crippen LogP contribution >= 0.6 is 23.7 Å². The van der Waals surface area contributed by atoms with Gasteiger partial charge in [-0.15, -0.1) is 23.7 Å². The fraction of sp³-hybridized carbons (Fsp3) is 0.692. The molecule has 2 aliphatic rings. The summed E-state index contributed by atoms with van der Waals surface area (Å²) in [5.74, 6) is 0.251. The van der Waals surface area contributed by atoms with Crippen LogP contribution in [0.5, 0.6) is 0 Å². The highest BCUT2D eigenvalue weighted by molar-refractivity contribution is 7.89. The number of sulfonamides is 1. The number of hydrogen-bond donors (Lipinski definition) is 1. The second-order valence-corrected chi connectivity index (χ2v) is 8.38.